The average molecular weight is 167 g/mol. The van der Waals surface area contributed by atoms with E-state index in [1.165, 1.54) is 44.9 Å². The lowest BCUT2D eigenvalue weighted by Crippen LogP contribution is -2.34. The van der Waals surface area contributed by atoms with Crippen molar-refractivity contribution in [2.45, 2.75) is 64.0 Å². The van der Waals surface area contributed by atoms with Crippen LogP contribution in [0.1, 0.15) is 51.9 Å². The van der Waals surface area contributed by atoms with Gasteiger partial charge in [0, 0.05) is 12.1 Å². The summed E-state index contributed by atoms with van der Waals surface area (Å²) in [6, 6.07) is 1.79. The second-order valence-corrected chi connectivity index (χ2v) is 4.57. The molecule has 70 valence electrons. The summed E-state index contributed by atoms with van der Waals surface area (Å²) in [7, 11) is 0. The molecule has 0 heterocycles. The summed E-state index contributed by atoms with van der Waals surface area (Å²) in [6.07, 6.45) is 10.1. The zero-order chi connectivity index (χ0) is 8.39. The second-order valence-electron chi connectivity index (χ2n) is 4.57. The average Bonchev–Trinajstić information content (AvgIpc) is 2.90. The molecule has 0 radical (unpaired) electrons. The Labute approximate surface area is 75.9 Å². The molecule has 2 aliphatic carbocycles. The monoisotopic (exact) mass is 167 g/mol. The fraction of sp³-hybridized carbons (Fsp3) is 1.00. The van der Waals surface area contributed by atoms with Crippen molar-refractivity contribution in [3.63, 3.8) is 0 Å². The molecule has 1 nitrogen and oxygen atoms in total. The molecule has 12 heavy (non-hydrogen) atoms. The Hall–Kier alpha value is -0.0400. The molecule has 0 spiro atoms. The van der Waals surface area contributed by atoms with Gasteiger partial charge in [-0.05, 0) is 44.4 Å². The van der Waals surface area contributed by atoms with Crippen molar-refractivity contribution in [2.75, 3.05) is 0 Å². The van der Waals surface area contributed by atoms with Crippen LogP contribution in [0.25, 0.3) is 0 Å². The van der Waals surface area contributed by atoms with Crippen molar-refractivity contribution < 1.29 is 0 Å². The Morgan fingerprint density at radius 2 is 1.42 bits per heavy atom. The van der Waals surface area contributed by atoms with Crippen LogP contribution >= 0.6 is 0 Å². The lowest BCUT2D eigenvalue weighted by atomic mass is 9.84. The topological polar surface area (TPSA) is 12.0 Å². The zero-order valence-electron chi connectivity index (χ0n) is 8.18. The molecule has 0 bridgehead atoms. The van der Waals surface area contributed by atoms with Gasteiger partial charge in [-0.1, -0.05) is 13.3 Å². The summed E-state index contributed by atoms with van der Waals surface area (Å²) in [5.74, 6) is 1.04. The van der Waals surface area contributed by atoms with Crippen LogP contribution in [0.4, 0.5) is 0 Å². The van der Waals surface area contributed by atoms with Crippen LogP contribution in [0.3, 0.4) is 0 Å². The predicted molar refractivity (Wildman–Crippen MR) is 52.2 cm³/mol. The van der Waals surface area contributed by atoms with Crippen molar-refractivity contribution in [2.24, 2.45) is 5.92 Å². The molecule has 2 aliphatic rings. The molecule has 0 amide bonds. The number of nitrogens with one attached hydrogen (secondary N) is 1. The van der Waals surface area contributed by atoms with Crippen LogP contribution in [0, 0.1) is 5.92 Å². The first-order valence-corrected chi connectivity index (χ1v) is 5.64. The predicted octanol–water partition coefficient (Wildman–Crippen LogP) is 2.71. The Morgan fingerprint density at radius 1 is 0.917 bits per heavy atom. The molecule has 2 saturated carbocycles. The van der Waals surface area contributed by atoms with Gasteiger partial charge in [-0.3, -0.25) is 0 Å². The third-order valence-corrected chi connectivity index (χ3v) is 3.47. The van der Waals surface area contributed by atoms with E-state index in [0.29, 0.717) is 0 Å². The summed E-state index contributed by atoms with van der Waals surface area (Å²) in [4.78, 5) is 0. The van der Waals surface area contributed by atoms with Gasteiger partial charge in [-0.25, -0.2) is 0 Å². The maximum atomic E-state index is 3.74. The van der Waals surface area contributed by atoms with Crippen LogP contribution in [-0.4, -0.2) is 12.1 Å². The third kappa shape index (κ3) is 2.22. The van der Waals surface area contributed by atoms with Gasteiger partial charge < -0.3 is 5.32 Å². The molecule has 1 heteroatoms. The Balaban J connectivity index is 1.66. The summed E-state index contributed by atoms with van der Waals surface area (Å²) in [5.41, 5.74) is 0. The summed E-state index contributed by atoms with van der Waals surface area (Å²) in [5, 5.41) is 3.74. The van der Waals surface area contributed by atoms with E-state index in [1.807, 2.05) is 0 Å². The maximum absolute atomic E-state index is 3.74. The number of rotatable bonds is 3. The minimum Gasteiger partial charge on any atom is -0.311 e. The number of hydrogen-bond acceptors (Lipinski definition) is 1. The molecule has 0 unspecified atom stereocenters. The maximum Gasteiger partial charge on any atom is 0.00708 e. The van der Waals surface area contributed by atoms with Crippen LogP contribution in [0.2, 0.25) is 0 Å². The van der Waals surface area contributed by atoms with E-state index in [2.05, 4.69) is 12.2 Å². The van der Waals surface area contributed by atoms with Crippen LogP contribution in [-0.2, 0) is 0 Å². The van der Waals surface area contributed by atoms with E-state index in [-0.39, 0.29) is 0 Å². The molecule has 0 aromatic heterocycles. The molecule has 0 saturated heterocycles. The molecule has 0 atom stereocenters. The van der Waals surface area contributed by atoms with E-state index < -0.39 is 0 Å². The van der Waals surface area contributed by atoms with Gasteiger partial charge in [0.2, 0.25) is 0 Å². The molecular weight excluding hydrogens is 146 g/mol. The van der Waals surface area contributed by atoms with Crippen LogP contribution in [0.5, 0.6) is 0 Å². The summed E-state index contributed by atoms with van der Waals surface area (Å²) < 4.78 is 0. The van der Waals surface area contributed by atoms with Crippen LogP contribution < -0.4 is 5.32 Å². The van der Waals surface area contributed by atoms with Gasteiger partial charge in [-0.15, -0.1) is 0 Å². The van der Waals surface area contributed by atoms with Crippen molar-refractivity contribution in [3.8, 4) is 0 Å². The van der Waals surface area contributed by atoms with Crippen molar-refractivity contribution in [1.29, 1.82) is 0 Å². The lowest BCUT2D eigenvalue weighted by Gasteiger charge is -2.28. The highest BCUT2D eigenvalue weighted by Gasteiger charge is 2.27. The molecule has 0 aromatic rings. The first-order chi connectivity index (χ1) is 5.88. The van der Waals surface area contributed by atoms with Gasteiger partial charge in [-0.2, -0.15) is 0 Å². The van der Waals surface area contributed by atoms with Crippen LogP contribution in [0.15, 0.2) is 0 Å². The Morgan fingerprint density at radius 3 is 1.83 bits per heavy atom. The van der Waals surface area contributed by atoms with E-state index in [4.69, 9.17) is 0 Å². The first kappa shape index (κ1) is 8.55. The van der Waals surface area contributed by atoms with E-state index in [9.17, 15) is 0 Å². The van der Waals surface area contributed by atoms with E-state index >= 15 is 0 Å². The molecule has 1 N–H and O–H groups in total. The highest BCUT2D eigenvalue weighted by Crippen LogP contribution is 2.29. The molecular formula is C11H21N. The smallest absolute Gasteiger partial charge is 0.00708 e. The van der Waals surface area contributed by atoms with Crippen molar-refractivity contribution >= 4 is 0 Å². The minimum atomic E-state index is 0.875. The Kier molecular flexibility index (Phi) is 2.69. The van der Waals surface area contributed by atoms with Gasteiger partial charge in [0.05, 0.1) is 0 Å². The Bertz CT molecular complexity index is 132. The van der Waals surface area contributed by atoms with Gasteiger partial charge >= 0.3 is 0 Å². The van der Waals surface area contributed by atoms with Gasteiger partial charge in [0.25, 0.3) is 0 Å². The summed E-state index contributed by atoms with van der Waals surface area (Å²) >= 11 is 0. The normalized spacial score (nSPS) is 36.8. The third-order valence-electron chi connectivity index (χ3n) is 3.47. The van der Waals surface area contributed by atoms with Crippen molar-refractivity contribution in [1.82, 2.24) is 5.32 Å². The molecule has 0 aliphatic heterocycles. The minimum absolute atomic E-state index is 0.875. The molecule has 2 fully saturated rings. The lowest BCUT2D eigenvalue weighted by molar-refractivity contribution is 0.285. The van der Waals surface area contributed by atoms with Gasteiger partial charge in [0.1, 0.15) is 0 Å². The van der Waals surface area contributed by atoms with Crippen molar-refractivity contribution in [3.05, 3.63) is 0 Å². The van der Waals surface area contributed by atoms with Gasteiger partial charge in [0.15, 0.2) is 0 Å². The molecule has 0 aromatic carbocycles. The highest BCUT2D eigenvalue weighted by molar-refractivity contribution is 4.86. The second kappa shape index (κ2) is 3.78. The standard InChI is InChI=1S/C11H21N/c1-2-9-3-5-10(6-4-9)12-11-7-8-11/h9-12H,2-8H2,1H3. The SMILES string of the molecule is CCC1CCC(NC2CC2)CC1. The summed E-state index contributed by atoms with van der Waals surface area (Å²) in [6.45, 7) is 2.33. The fourth-order valence-corrected chi connectivity index (χ4v) is 2.32. The first-order valence-electron chi connectivity index (χ1n) is 5.64. The van der Waals surface area contributed by atoms with E-state index in [1.54, 1.807) is 0 Å². The fourth-order valence-electron chi connectivity index (χ4n) is 2.32. The molecule has 2 rings (SSSR count). The largest absolute Gasteiger partial charge is 0.311 e. The zero-order valence-corrected chi connectivity index (χ0v) is 8.18. The van der Waals surface area contributed by atoms with E-state index in [0.717, 1.165) is 18.0 Å². The highest BCUT2D eigenvalue weighted by atomic mass is 15.0. The quantitative estimate of drug-likeness (QED) is 0.681. The number of hydrogen-bond donors (Lipinski definition) is 1.